The zero-order valence-corrected chi connectivity index (χ0v) is 11.1. The van der Waals surface area contributed by atoms with Crippen molar-refractivity contribution in [2.45, 2.75) is 0 Å². The summed E-state index contributed by atoms with van der Waals surface area (Å²) in [5.41, 5.74) is 0. The van der Waals surface area contributed by atoms with E-state index < -0.39 is 20.1 Å². The van der Waals surface area contributed by atoms with Crippen LogP contribution >= 0.6 is 0 Å². The fraction of sp³-hybridized carbons (Fsp3) is 0. The van der Waals surface area contributed by atoms with Crippen molar-refractivity contribution in [2.24, 2.45) is 0 Å². The number of halogens is 1. The Bertz CT molecular complexity index is 84.2. The first-order valence-corrected chi connectivity index (χ1v) is 4.36. The molecule has 0 N–H and O–H groups in total. The molecule has 9 heteroatoms. The van der Waals surface area contributed by atoms with Crippen LogP contribution in [0.5, 0.6) is 0 Å². The van der Waals surface area contributed by atoms with Crippen LogP contribution in [0, 0.1) is 11.2 Å². The van der Waals surface area contributed by atoms with Crippen LogP contribution in [0.4, 0.5) is 0 Å². The molecule has 0 aromatic heterocycles. The quantitative estimate of drug-likeness (QED) is 0.322. The average Bonchev–Trinajstić information content (AvgIpc) is 1.27. The van der Waals surface area contributed by atoms with Crippen molar-refractivity contribution < 1.29 is 93.0 Å². The maximum absolute atomic E-state index is 8.62. The Balaban J connectivity index is -0.0000000326. The van der Waals surface area contributed by atoms with Crippen LogP contribution in [0.25, 0.3) is 0 Å². The Morgan fingerprint density at radius 2 is 1.10 bits per heavy atom. The molecule has 0 saturated carbocycles. The molecule has 0 bridgehead atoms. The van der Waals surface area contributed by atoms with E-state index in [9.17, 15) is 0 Å². The van der Waals surface area contributed by atoms with E-state index >= 15 is 0 Å². The summed E-state index contributed by atoms with van der Waals surface area (Å²) in [7, 11) is 0.0694. The molecule has 0 saturated heterocycles. The van der Waals surface area contributed by atoms with Crippen LogP contribution in [0.3, 0.4) is 0 Å². The molecule has 0 aliphatic carbocycles. The Hall–Kier alpha value is 2.12. The molecule has 0 aliphatic rings. The van der Waals surface area contributed by atoms with Gasteiger partial charge in [-0.2, -0.15) is 5.97 Å². The maximum atomic E-state index is 8.62. The molecule has 0 atom stereocenters. The zero-order chi connectivity index (χ0) is 7.21. The summed E-state index contributed by atoms with van der Waals surface area (Å²) in [5.74, 6) is 2.00. The molecule has 0 radical (unpaired) electrons. The number of nitriles is 1. The fourth-order valence-electron chi connectivity index (χ4n) is 0. The summed E-state index contributed by atoms with van der Waals surface area (Å²) < 4.78 is 34.5. The molecular weight excluding hydrogens is 274 g/mol. The van der Waals surface area contributed by atoms with Crippen molar-refractivity contribution in [3.63, 3.8) is 0 Å². The molecule has 0 aliphatic heterocycles. The second-order valence-electron chi connectivity index (χ2n) is 0.378. The Labute approximate surface area is 110 Å². The third kappa shape index (κ3) is 187. The predicted molar refractivity (Wildman–Crippen MR) is 15.6 cm³/mol. The molecule has 0 aromatic carbocycles. The average molecular weight is 277 g/mol. The monoisotopic (exact) mass is 277 g/mol. The summed E-state index contributed by atoms with van der Waals surface area (Å²) in [6, 6.07) is 0. The van der Waals surface area contributed by atoms with Crippen molar-refractivity contribution in [3.05, 3.63) is 0 Å². The zero-order valence-electron chi connectivity index (χ0n) is 4.96. The maximum Gasteiger partial charge on any atom is 1.00 e. The number of hydrogen-bond acceptors (Lipinski definition) is 5. The van der Waals surface area contributed by atoms with Crippen LogP contribution < -0.4 is 93.0 Å². The third-order valence-corrected chi connectivity index (χ3v) is 0. The molecule has 0 aromatic rings. The van der Waals surface area contributed by atoms with E-state index in [1.807, 2.05) is 5.97 Å². The predicted octanol–water partition coefficient (Wildman–Crippen LogP) is -14.9. The van der Waals surface area contributed by atoms with Crippen molar-refractivity contribution in [1.29, 1.82) is 5.26 Å². The van der Waals surface area contributed by atoms with Crippen molar-refractivity contribution >= 4 is 7.85 Å². The summed E-state index contributed by atoms with van der Waals surface area (Å²) in [6.45, 7) is 0. The Morgan fingerprint density at radius 1 is 1.10 bits per heavy atom. The minimum atomic E-state index is -5.94. The van der Waals surface area contributed by atoms with Gasteiger partial charge in [0.1, 0.15) is 20.1 Å². The Morgan fingerprint density at radius 3 is 1.10 bits per heavy atom. The number of nitrogens with zero attached hydrogens (tertiary/aromatic N) is 1. The van der Waals surface area contributed by atoms with E-state index in [1.165, 1.54) is 0 Å². The summed E-state index contributed by atoms with van der Waals surface area (Å²) >= 11 is -5.94. The molecule has 0 unspecified atom stereocenters. The molecule has 0 heterocycles. The summed E-state index contributed by atoms with van der Waals surface area (Å²) in [6.07, 6.45) is 0. The summed E-state index contributed by atoms with van der Waals surface area (Å²) in [4.78, 5) is 0. The molecule has 10 heavy (non-hydrogen) atoms. The van der Waals surface area contributed by atoms with E-state index in [1.54, 1.807) is 0 Å². The minimum absolute atomic E-state index is 0. The van der Waals surface area contributed by atoms with E-state index in [0.717, 1.165) is 0 Å². The molecule has 0 amide bonds. The largest absolute Gasteiger partial charge is 1.00 e. The van der Waals surface area contributed by atoms with Gasteiger partial charge in [0, 0.05) is 0 Å². The standard InChI is InChI=1S/CH3BN.IO4.2Na/c2-1-3;2-1(3,4)5;;/h2H3;;;/q2*-1;2*+1. The second-order valence-corrected chi connectivity index (χ2v) is 2.54. The van der Waals surface area contributed by atoms with E-state index in [2.05, 4.69) is 0 Å². The van der Waals surface area contributed by atoms with Gasteiger partial charge in [-0.1, -0.05) is 0 Å². The first-order chi connectivity index (χ1) is 3.41. The van der Waals surface area contributed by atoms with Crippen LogP contribution in [0.2, 0.25) is 0 Å². The van der Waals surface area contributed by atoms with Gasteiger partial charge in [0.15, 0.2) is 0 Å². The van der Waals surface area contributed by atoms with Crippen molar-refractivity contribution in [3.8, 4) is 5.97 Å². The van der Waals surface area contributed by atoms with Crippen LogP contribution in [0.1, 0.15) is 0 Å². The second kappa shape index (κ2) is 13.7. The molecular formula is CH3BINNa2O4. The number of rotatable bonds is 0. The van der Waals surface area contributed by atoms with Gasteiger partial charge in [-0.25, -0.2) is 0 Å². The number of hydrogen-bond donors (Lipinski definition) is 0. The van der Waals surface area contributed by atoms with E-state index in [0.29, 0.717) is 0 Å². The fourth-order valence-corrected chi connectivity index (χ4v) is 0. The SMILES string of the molecule is [BH3-]C#N.[Na+].[Na+].[O-][I+3]([O-])([O-])[O-]. The molecule has 0 rings (SSSR count). The van der Waals surface area contributed by atoms with Crippen LogP contribution in [-0.4, -0.2) is 7.85 Å². The summed E-state index contributed by atoms with van der Waals surface area (Å²) in [5, 5.41) is 7.43. The van der Waals surface area contributed by atoms with Gasteiger partial charge in [0.05, 0.1) is 7.85 Å². The molecule has 0 fully saturated rings. The third-order valence-electron chi connectivity index (χ3n) is 0. The topological polar surface area (TPSA) is 116 Å². The normalized spacial score (nSPS) is 6.80. The molecule has 48 valence electrons. The van der Waals surface area contributed by atoms with Gasteiger partial charge in [-0.15, -0.1) is 0 Å². The van der Waals surface area contributed by atoms with Crippen LogP contribution in [-0.2, 0) is 0 Å². The Kier molecular flexibility index (Phi) is 31.1. The van der Waals surface area contributed by atoms with Crippen molar-refractivity contribution in [2.75, 3.05) is 0 Å². The smallest absolute Gasteiger partial charge is 0.286 e. The van der Waals surface area contributed by atoms with Gasteiger partial charge in [-0.05, 0) is 0 Å². The van der Waals surface area contributed by atoms with Gasteiger partial charge in [-0.3, -0.25) is 19.0 Å². The van der Waals surface area contributed by atoms with E-state index in [4.69, 9.17) is 19.0 Å². The van der Waals surface area contributed by atoms with Gasteiger partial charge in [0.2, 0.25) is 0 Å². The first-order valence-electron chi connectivity index (χ1n) is 0.841. The molecule has 5 nitrogen and oxygen atoms in total. The minimum Gasteiger partial charge on any atom is -0.286 e. The van der Waals surface area contributed by atoms with Gasteiger partial charge in [0.25, 0.3) is 0 Å². The molecule has 0 spiro atoms. The van der Waals surface area contributed by atoms with Gasteiger partial charge >= 0.3 is 59.1 Å². The van der Waals surface area contributed by atoms with Crippen molar-refractivity contribution in [1.82, 2.24) is 0 Å². The van der Waals surface area contributed by atoms with Crippen LogP contribution in [0.15, 0.2) is 0 Å². The van der Waals surface area contributed by atoms with E-state index in [-0.39, 0.29) is 67.0 Å². The first kappa shape index (κ1) is 22.7. The van der Waals surface area contributed by atoms with Gasteiger partial charge < -0.3 is 0 Å².